The molecule has 0 radical (unpaired) electrons. The first-order chi connectivity index (χ1) is 12.0. The van der Waals surface area contributed by atoms with Crippen molar-refractivity contribution in [2.24, 2.45) is 0 Å². The molecule has 130 valence electrons. The molecule has 0 saturated heterocycles. The third kappa shape index (κ3) is 4.00. The number of fused-ring (bicyclic) bond motifs is 1. The zero-order valence-electron chi connectivity index (χ0n) is 14.0. The van der Waals surface area contributed by atoms with Crippen LogP contribution in [0, 0.1) is 0 Å². The molecule has 0 atom stereocenters. The van der Waals surface area contributed by atoms with E-state index in [9.17, 15) is 9.59 Å². The predicted molar refractivity (Wildman–Crippen MR) is 94.3 cm³/mol. The van der Waals surface area contributed by atoms with E-state index in [1.54, 1.807) is 18.2 Å². The van der Waals surface area contributed by atoms with E-state index >= 15 is 0 Å². The zero-order chi connectivity index (χ0) is 17.8. The molecule has 0 unspecified atom stereocenters. The van der Waals surface area contributed by atoms with Gasteiger partial charge in [0.05, 0.1) is 6.54 Å². The Morgan fingerprint density at radius 3 is 2.48 bits per heavy atom. The molecule has 0 aromatic heterocycles. The summed E-state index contributed by atoms with van der Waals surface area (Å²) in [6, 6.07) is 12.3. The molecule has 1 aliphatic rings. The quantitative estimate of drug-likeness (QED) is 0.868. The van der Waals surface area contributed by atoms with Crippen molar-refractivity contribution in [2.75, 3.05) is 37.6 Å². The number of anilines is 2. The zero-order valence-corrected chi connectivity index (χ0v) is 14.0. The molecule has 2 N–H and O–H groups in total. The van der Waals surface area contributed by atoms with E-state index in [1.807, 2.05) is 43.3 Å². The summed E-state index contributed by atoms with van der Waals surface area (Å²) < 4.78 is 10.4. The van der Waals surface area contributed by atoms with Gasteiger partial charge >= 0.3 is 0 Å². The van der Waals surface area contributed by atoms with Gasteiger partial charge in [-0.3, -0.25) is 9.59 Å². The largest absolute Gasteiger partial charge is 0.454 e. The fourth-order valence-electron chi connectivity index (χ4n) is 2.35. The molecule has 0 fully saturated rings. The number of nitrogens with one attached hydrogen (secondary N) is 2. The molecule has 2 amide bonds. The van der Waals surface area contributed by atoms with Gasteiger partial charge in [0.1, 0.15) is 0 Å². The Labute approximate surface area is 145 Å². The molecule has 1 heterocycles. The molecular weight excluding hydrogens is 322 g/mol. The fourth-order valence-corrected chi connectivity index (χ4v) is 2.35. The van der Waals surface area contributed by atoms with E-state index < -0.39 is 0 Å². The van der Waals surface area contributed by atoms with Crippen molar-refractivity contribution in [2.45, 2.75) is 0 Å². The lowest BCUT2D eigenvalue weighted by Crippen LogP contribution is -2.32. The number of carbonyl (C=O) groups excluding carboxylic acids is 2. The summed E-state index contributed by atoms with van der Waals surface area (Å²) in [6.45, 7) is 0.0259. The van der Waals surface area contributed by atoms with E-state index in [2.05, 4.69) is 10.6 Å². The Hall–Kier alpha value is -3.22. The minimum atomic E-state index is -0.351. The second kappa shape index (κ2) is 7.12. The molecule has 2 aromatic rings. The lowest BCUT2D eigenvalue weighted by molar-refractivity contribution is -0.115. The Bertz CT molecular complexity index is 787. The average Bonchev–Trinajstić information content (AvgIpc) is 3.07. The van der Waals surface area contributed by atoms with Crippen molar-refractivity contribution in [3.8, 4) is 11.5 Å². The summed E-state index contributed by atoms with van der Waals surface area (Å²) in [6.07, 6.45) is 0. The van der Waals surface area contributed by atoms with Crippen LogP contribution in [0.25, 0.3) is 0 Å². The summed E-state index contributed by atoms with van der Waals surface area (Å²) in [4.78, 5) is 26.1. The van der Waals surface area contributed by atoms with Crippen LogP contribution < -0.4 is 25.0 Å². The van der Waals surface area contributed by atoms with Gasteiger partial charge in [0, 0.05) is 31.0 Å². The van der Waals surface area contributed by atoms with Crippen LogP contribution in [0.3, 0.4) is 0 Å². The SMILES string of the molecule is CN(C)c1ccc(NC(=O)CNC(=O)c2ccc3c(c2)OCO3)cc1. The van der Waals surface area contributed by atoms with Crippen molar-refractivity contribution >= 4 is 23.2 Å². The standard InChI is InChI=1S/C18H19N3O4/c1-21(2)14-6-4-13(5-7-14)20-17(22)10-19-18(23)12-3-8-15-16(9-12)25-11-24-15/h3-9H,10-11H2,1-2H3,(H,19,23)(H,20,22). The molecule has 1 aliphatic heterocycles. The minimum absolute atomic E-state index is 0.122. The molecule has 0 bridgehead atoms. The van der Waals surface area contributed by atoms with Crippen molar-refractivity contribution in [1.29, 1.82) is 0 Å². The number of rotatable bonds is 5. The summed E-state index contributed by atoms with van der Waals surface area (Å²) in [5.41, 5.74) is 2.12. The third-order valence-electron chi connectivity index (χ3n) is 3.71. The minimum Gasteiger partial charge on any atom is -0.454 e. The molecule has 25 heavy (non-hydrogen) atoms. The second-order valence-electron chi connectivity index (χ2n) is 5.74. The van der Waals surface area contributed by atoms with Gasteiger partial charge in [-0.25, -0.2) is 0 Å². The number of hydrogen-bond acceptors (Lipinski definition) is 5. The highest BCUT2D eigenvalue weighted by Gasteiger charge is 2.16. The van der Waals surface area contributed by atoms with E-state index in [0.717, 1.165) is 5.69 Å². The summed E-state index contributed by atoms with van der Waals surface area (Å²) >= 11 is 0. The smallest absolute Gasteiger partial charge is 0.251 e. The van der Waals surface area contributed by atoms with Crippen LogP contribution in [-0.4, -0.2) is 39.2 Å². The fraction of sp³-hybridized carbons (Fsp3) is 0.222. The lowest BCUT2D eigenvalue weighted by atomic mass is 10.2. The van der Waals surface area contributed by atoms with Crippen molar-refractivity contribution in [1.82, 2.24) is 5.32 Å². The van der Waals surface area contributed by atoms with Crippen molar-refractivity contribution in [3.63, 3.8) is 0 Å². The van der Waals surface area contributed by atoms with Gasteiger partial charge in [-0.15, -0.1) is 0 Å². The first-order valence-corrected chi connectivity index (χ1v) is 7.78. The molecule has 0 aliphatic carbocycles. The summed E-state index contributed by atoms with van der Waals surface area (Å²) in [5.74, 6) is 0.483. The van der Waals surface area contributed by atoms with E-state index in [1.165, 1.54) is 0 Å². The number of carbonyl (C=O) groups is 2. The first-order valence-electron chi connectivity index (χ1n) is 7.78. The average molecular weight is 341 g/mol. The molecule has 2 aromatic carbocycles. The Balaban J connectivity index is 1.52. The number of hydrogen-bond donors (Lipinski definition) is 2. The van der Waals surface area contributed by atoms with Crippen LogP contribution >= 0.6 is 0 Å². The van der Waals surface area contributed by atoms with Gasteiger partial charge in [-0.05, 0) is 42.5 Å². The molecule has 0 saturated carbocycles. The highest BCUT2D eigenvalue weighted by molar-refractivity contribution is 5.99. The van der Waals surface area contributed by atoms with Crippen LogP contribution in [-0.2, 0) is 4.79 Å². The van der Waals surface area contributed by atoms with Crippen LogP contribution in [0.1, 0.15) is 10.4 Å². The van der Waals surface area contributed by atoms with Gasteiger partial charge < -0.3 is 25.0 Å². The first kappa shape index (κ1) is 16.6. The van der Waals surface area contributed by atoms with Crippen molar-refractivity contribution < 1.29 is 19.1 Å². The van der Waals surface area contributed by atoms with Crippen LogP contribution in [0.2, 0.25) is 0 Å². The second-order valence-corrected chi connectivity index (χ2v) is 5.74. The Morgan fingerprint density at radius 2 is 1.76 bits per heavy atom. The highest BCUT2D eigenvalue weighted by atomic mass is 16.7. The van der Waals surface area contributed by atoms with Crippen LogP contribution in [0.5, 0.6) is 11.5 Å². The predicted octanol–water partition coefficient (Wildman–Crippen LogP) is 1.85. The maximum atomic E-state index is 12.1. The molecule has 0 spiro atoms. The molecule has 3 rings (SSSR count). The summed E-state index contributed by atoms with van der Waals surface area (Å²) in [7, 11) is 3.89. The number of nitrogens with zero attached hydrogens (tertiary/aromatic N) is 1. The van der Waals surface area contributed by atoms with Gasteiger partial charge in [-0.1, -0.05) is 0 Å². The van der Waals surface area contributed by atoms with Gasteiger partial charge in [-0.2, -0.15) is 0 Å². The van der Waals surface area contributed by atoms with Crippen molar-refractivity contribution in [3.05, 3.63) is 48.0 Å². The monoisotopic (exact) mass is 341 g/mol. The van der Waals surface area contributed by atoms with E-state index in [0.29, 0.717) is 22.7 Å². The lowest BCUT2D eigenvalue weighted by Gasteiger charge is -2.13. The van der Waals surface area contributed by atoms with Gasteiger partial charge in [0.2, 0.25) is 12.7 Å². The normalized spacial score (nSPS) is 11.8. The highest BCUT2D eigenvalue weighted by Crippen LogP contribution is 2.32. The number of benzene rings is 2. The van der Waals surface area contributed by atoms with E-state index in [-0.39, 0.29) is 25.2 Å². The topological polar surface area (TPSA) is 79.9 Å². The van der Waals surface area contributed by atoms with Gasteiger partial charge in [0.15, 0.2) is 11.5 Å². The third-order valence-corrected chi connectivity index (χ3v) is 3.71. The van der Waals surface area contributed by atoms with Crippen LogP contribution in [0.15, 0.2) is 42.5 Å². The Kier molecular flexibility index (Phi) is 4.74. The summed E-state index contributed by atoms with van der Waals surface area (Å²) in [5, 5.41) is 5.32. The maximum Gasteiger partial charge on any atom is 0.251 e. The maximum absolute atomic E-state index is 12.1. The molecule has 7 nitrogen and oxygen atoms in total. The number of ether oxygens (including phenoxy) is 2. The van der Waals surface area contributed by atoms with Crippen LogP contribution in [0.4, 0.5) is 11.4 Å². The molecule has 7 heteroatoms. The van der Waals surface area contributed by atoms with Gasteiger partial charge in [0.25, 0.3) is 5.91 Å². The Morgan fingerprint density at radius 1 is 1.04 bits per heavy atom. The van der Waals surface area contributed by atoms with E-state index in [4.69, 9.17) is 9.47 Å². The number of amides is 2. The molecular formula is C18H19N3O4.